The van der Waals surface area contributed by atoms with Crippen molar-refractivity contribution in [3.63, 3.8) is 0 Å². The number of carbonyl (C=O) groups is 1. The summed E-state index contributed by atoms with van der Waals surface area (Å²) in [5.74, 6) is 1.07. The van der Waals surface area contributed by atoms with E-state index >= 15 is 0 Å². The number of aromatic nitrogens is 2. The van der Waals surface area contributed by atoms with Gasteiger partial charge in [-0.3, -0.25) is 9.69 Å². The third-order valence-corrected chi connectivity index (χ3v) is 5.14. The first-order valence-corrected chi connectivity index (χ1v) is 10.0. The summed E-state index contributed by atoms with van der Waals surface area (Å²) in [5.41, 5.74) is 3.13. The molecule has 3 aromatic rings. The fourth-order valence-electron chi connectivity index (χ4n) is 3.42. The van der Waals surface area contributed by atoms with Crippen LogP contribution >= 0.6 is 11.6 Å². The summed E-state index contributed by atoms with van der Waals surface area (Å²) in [6.07, 6.45) is 0. The SMILES string of the molecule is CCN(CC)C(=O)CN(C)Cc1nc2cc(Cl)ccc2n1Cc1ccccc1. The van der Waals surface area contributed by atoms with Crippen molar-refractivity contribution >= 4 is 28.5 Å². The molecule has 0 saturated carbocycles. The quantitative estimate of drug-likeness (QED) is 0.575. The molecule has 0 aliphatic rings. The number of nitrogens with zero attached hydrogens (tertiary/aromatic N) is 4. The van der Waals surface area contributed by atoms with Gasteiger partial charge in [0.1, 0.15) is 5.82 Å². The van der Waals surface area contributed by atoms with Gasteiger partial charge in [0.25, 0.3) is 0 Å². The molecule has 5 nitrogen and oxygen atoms in total. The lowest BCUT2D eigenvalue weighted by Crippen LogP contribution is -2.38. The molecule has 0 fully saturated rings. The van der Waals surface area contributed by atoms with Gasteiger partial charge >= 0.3 is 0 Å². The zero-order valence-electron chi connectivity index (χ0n) is 16.7. The topological polar surface area (TPSA) is 41.4 Å². The highest BCUT2D eigenvalue weighted by atomic mass is 35.5. The van der Waals surface area contributed by atoms with E-state index in [1.54, 1.807) is 0 Å². The van der Waals surface area contributed by atoms with Gasteiger partial charge in [-0.05, 0) is 44.7 Å². The van der Waals surface area contributed by atoms with Gasteiger partial charge in [0.05, 0.1) is 24.1 Å². The first kappa shape index (κ1) is 20.4. The molecular formula is C22H27ClN4O. The second-order valence-electron chi connectivity index (χ2n) is 6.97. The van der Waals surface area contributed by atoms with Crippen LogP contribution in [0.2, 0.25) is 5.02 Å². The average Bonchev–Trinajstić information content (AvgIpc) is 2.99. The van der Waals surface area contributed by atoms with E-state index in [9.17, 15) is 4.79 Å². The lowest BCUT2D eigenvalue weighted by Gasteiger charge is -2.23. The standard InChI is InChI=1S/C22H27ClN4O/c1-4-26(5-2)22(28)16-25(3)15-21-24-19-13-18(23)11-12-20(19)27(21)14-17-9-7-6-8-10-17/h6-13H,4-5,14-16H2,1-3H3. The third kappa shape index (κ3) is 4.72. The molecule has 148 valence electrons. The largest absolute Gasteiger partial charge is 0.342 e. The molecule has 0 radical (unpaired) electrons. The van der Waals surface area contributed by atoms with Gasteiger partial charge in [0.2, 0.25) is 5.91 Å². The van der Waals surface area contributed by atoms with E-state index in [4.69, 9.17) is 16.6 Å². The van der Waals surface area contributed by atoms with Gasteiger partial charge in [0, 0.05) is 24.7 Å². The van der Waals surface area contributed by atoms with E-state index < -0.39 is 0 Å². The Morgan fingerprint density at radius 1 is 1.11 bits per heavy atom. The molecule has 0 spiro atoms. The normalized spacial score (nSPS) is 11.3. The lowest BCUT2D eigenvalue weighted by atomic mass is 10.2. The second-order valence-corrected chi connectivity index (χ2v) is 7.41. The van der Waals surface area contributed by atoms with E-state index in [1.807, 2.05) is 67.1 Å². The second kappa shape index (κ2) is 9.22. The van der Waals surface area contributed by atoms with Crippen LogP contribution in [0.4, 0.5) is 0 Å². The van der Waals surface area contributed by atoms with Crippen molar-refractivity contribution < 1.29 is 4.79 Å². The van der Waals surface area contributed by atoms with Gasteiger partial charge in [-0.1, -0.05) is 41.9 Å². The summed E-state index contributed by atoms with van der Waals surface area (Å²) in [7, 11) is 1.96. The molecule has 0 aliphatic carbocycles. The molecule has 1 aromatic heterocycles. The maximum absolute atomic E-state index is 12.4. The number of hydrogen-bond acceptors (Lipinski definition) is 3. The Hall–Kier alpha value is -2.37. The third-order valence-electron chi connectivity index (χ3n) is 4.91. The van der Waals surface area contributed by atoms with E-state index in [0.29, 0.717) is 18.1 Å². The number of fused-ring (bicyclic) bond motifs is 1. The fraction of sp³-hybridized carbons (Fsp3) is 0.364. The van der Waals surface area contributed by atoms with Crippen LogP contribution in [0.25, 0.3) is 11.0 Å². The first-order valence-electron chi connectivity index (χ1n) is 9.66. The maximum atomic E-state index is 12.4. The number of halogens is 1. The molecule has 28 heavy (non-hydrogen) atoms. The predicted octanol–water partition coefficient (Wildman–Crippen LogP) is 4.04. The van der Waals surface area contributed by atoms with Crippen LogP contribution in [0, 0.1) is 0 Å². The molecule has 1 amide bonds. The van der Waals surface area contributed by atoms with Crippen molar-refractivity contribution in [2.45, 2.75) is 26.9 Å². The molecule has 0 aliphatic heterocycles. The minimum Gasteiger partial charge on any atom is -0.342 e. The lowest BCUT2D eigenvalue weighted by molar-refractivity contribution is -0.131. The minimum atomic E-state index is 0.140. The highest BCUT2D eigenvalue weighted by molar-refractivity contribution is 6.31. The molecular weight excluding hydrogens is 372 g/mol. The highest BCUT2D eigenvalue weighted by Crippen LogP contribution is 2.22. The van der Waals surface area contributed by atoms with E-state index in [-0.39, 0.29) is 5.91 Å². The smallest absolute Gasteiger partial charge is 0.236 e. The Balaban J connectivity index is 1.87. The van der Waals surface area contributed by atoms with Crippen LogP contribution in [0.3, 0.4) is 0 Å². The molecule has 0 atom stereocenters. The molecule has 2 aromatic carbocycles. The fourth-order valence-corrected chi connectivity index (χ4v) is 3.59. The molecule has 0 unspecified atom stereocenters. The van der Waals surface area contributed by atoms with Crippen molar-refractivity contribution in [1.29, 1.82) is 0 Å². The molecule has 6 heteroatoms. The van der Waals surface area contributed by atoms with E-state index in [1.165, 1.54) is 5.56 Å². The Bertz CT molecular complexity index is 934. The van der Waals surface area contributed by atoms with Gasteiger partial charge < -0.3 is 9.47 Å². The summed E-state index contributed by atoms with van der Waals surface area (Å²) in [6, 6.07) is 16.1. The van der Waals surface area contributed by atoms with Gasteiger partial charge in [-0.2, -0.15) is 0 Å². The zero-order valence-corrected chi connectivity index (χ0v) is 17.5. The van der Waals surface area contributed by atoms with Crippen molar-refractivity contribution in [2.24, 2.45) is 0 Å². The van der Waals surface area contributed by atoms with Crippen LogP contribution in [0.1, 0.15) is 25.2 Å². The highest BCUT2D eigenvalue weighted by Gasteiger charge is 2.17. The Morgan fingerprint density at radius 2 is 1.82 bits per heavy atom. The predicted molar refractivity (Wildman–Crippen MR) is 115 cm³/mol. The number of imidazole rings is 1. The number of amides is 1. The van der Waals surface area contributed by atoms with Crippen LogP contribution in [0.15, 0.2) is 48.5 Å². The summed E-state index contributed by atoms with van der Waals surface area (Å²) in [6.45, 7) is 7.16. The van der Waals surface area contributed by atoms with Crippen molar-refractivity contribution in [1.82, 2.24) is 19.4 Å². The van der Waals surface area contributed by atoms with Crippen LogP contribution in [-0.4, -0.2) is 51.9 Å². The maximum Gasteiger partial charge on any atom is 0.236 e. The summed E-state index contributed by atoms with van der Waals surface area (Å²) >= 11 is 6.17. The molecule has 3 rings (SSSR count). The van der Waals surface area contributed by atoms with Crippen LogP contribution in [-0.2, 0) is 17.9 Å². The summed E-state index contributed by atoms with van der Waals surface area (Å²) in [5, 5.41) is 0.675. The van der Waals surface area contributed by atoms with Gasteiger partial charge in [0.15, 0.2) is 0 Å². The van der Waals surface area contributed by atoms with Crippen molar-refractivity contribution in [3.05, 3.63) is 64.9 Å². The molecule has 1 heterocycles. The van der Waals surface area contributed by atoms with Gasteiger partial charge in [-0.25, -0.2) is 4.98 Å². The number of benzene rings is 2. The Morgan fingerprint density at radius 3 is 2.50 bits per heavy atom. The van der Waals surface area contributed by atoms with E-state index in [0.717, 1.165) is 36.5 Å². The number of likely N-dealkylation sites (N-methyl/N-ethyl adjacent to an activating group) is 2. The van der Waals surface area contributed by atoms with Gasteiger partial charge in [-0.15, -0.1) is 0 Å². The minimum absolute atomic E-state index is 0.140. The summed E-state index contributed by atoms with van der Waals surface area (Å²) < 4.78 is 2.21. The van der Waals surface area contributed by atoms with Crippen molar-refractivity contribution in [2.75, 3.05) is 26.7 Å². The monoisotopic (exact) mass is 398 g/mol. The Kier molecular flexibility index (Phi) is 6.70. The van der Waals surface area contributed by atoms with Crippen molar-refractivity contribution in [3.8, 4) is 0 Å². The molecule has 0 N–H and O–H groups in total. The molecule has 0 saturated heterocycles. The zero-order chi connectivity index (χ0) is 20.1. The number of hydrogen-bond donors (Lipinski definition) is 0. The van der Waals surface area contributed by atoms with Crippen LogP contribution in [0.5, 0.6) is 0 Å². The molecule has 0 bridgehead atoms. The summed E-state index contributed by atoms with van der Waals surface area (Å²) in [4.78, 5) is 21.1. The van der Waals surface area contributed by atoms with Crippen LogP contribution < -0.4 is 0 Å². The van der Waals surface area contributed by atoms with E-state index in [2.05, 4.69) is 16.7 Å². The number of carbonyl (C=O) groups excluding carboxylic acids is 1. The number of rotatable bonds is 8. The Labute approximate surface area is 171 Å². The first-order chi connectivity index (χ1) is 13.5. The average molecular weight is 399 g/mol.